The molecule has 1 aliphatic carbocycles. The molecular formula is C29H25Cl2N3O5S. The first-order chi connectivity index (χ1) is 19.3. The lowest BCUT2D eigenvalue weighted by Crippen LogP contribution is -2.46. The van der Waals surface area contributed by atoms with Crippen molar-refractivity contribution < 1.29 is 24.0 Å². The van der Waals surface area contributed by atoms with Gasteiger partial charge in [0.2, 0.25) is 0 Å². The number of hydrogen-bond acceptors (Lipinski definition) is 8. The number of thiazole rings is 1. The molecule has 0 spiro atoms. The number of piperidine rings is 1. The minimum absolute atomic E-state index is 0.146. The van der Waals surface area contributed by atoms with Gasteiger partial charge in [-0.3, -0.25) is 0 Å². The highest BCUT2D eigenvalue weighted by Crippen LogP contribution is 2.47. The number of carbonyl (C=O) groups excluding carboxylic acids is 1. The molecule has 8 nitrogen and oxygen atoms in total. The van der Waals surface area contributed by atoms with Crippen LogP contribution < -0.4 is 4.90 Å². The van der Waals surface area contributed by atoms with Crippen molar-refractivity contribution >= 4 is 61.8 Å². The second-order valence-electron chi connectivity index (χ2n) is 10.9. The van der Waals surface area contributed by atoms with Crippen LogP contribution >= 0.6 is 34.5 Å². The van der Waals surface area contributed by atoms with Gasteiger partial charge in [0.05, 0.1) is 25.8 Å². The van der Waals surface area contributed by atoms with Gasteiger partial charge >= 0.3 is 11.9 Å². The molecule has 0 radical (unpaired) electrons. The number of aryl methyl sites for hydroxylation is 1. The lowest BCUT2D eigenvalue weighted by atomic mass is 9.99. The lowest BCUT2D eigenvalue weighted by Gasteiger charge is -2.38. The fraction of sp³-hybridized carbons (Fsp3) is 0.379. The molecular weight excluding hydrogens is 573 g/mol. The van der Waals surface area contributed by atoms with Crippen LogP contribution in [-0.2, 0) is 4.74 Å². The summed E-state index contributed by atoms with van der Waals surface area (Å²) < 4.78 is 12.7. The summed E-state index contributed by atoms with van der Waals surface area (Å²) in [5.74, 6) is -0.710. The van der Waals surface area contributed by atoms with E-state index in [-0.39, 0.29) is 29.7 Å². The Bertz CT molecular complexity index is 1650. The normalized spacial score (nSPS) is 22.2. The average molecular weight is 599 g/mol. The predicted octanol–water partition coefficient (Wildman–Crippen LogP) is 7.50. The van der Waals surface area contributed by atoms with Crippen molar-refractivity contribution in [3.05, 3.63) is 62.8 Å². The number of anilines is 1. The molecule has 11 heteroatoms. The van der Waals surface area contributed by atoms with E-state index in [0.29, 0.717) is 45.5 Å². The Morgan fingerprint density at radius 3 is 2.45 bits per heavy atom. The van der Waals surface area contributed by atoms with Crippen LogP contribution in [0, 0.1) is 6.92 Å². The van der Waals surface area contributed by atoms with E-state index in [9.17, 15) is 14.7 Å². The Balaban J connectivity index is 1.14. The number of carboxylic acid groups (broad SMARTS) is 1. The molecule has 3 fully saturated rings. The third-order valence-electron chi connectivity index (χ3n) is 8.18. The molecule has 7 rings (SSSR count). The zero-order valence-electron chi connectivity index (χ0n) is 21.5. The van der Waals surface area contributed by atoms with Crippen molar-refractivity contribution in [3.8, 4) is 11.3 Å². The summed E-state index contributed by atoms with van der Waals surface area (Å²) in [5.41, 5.74) is 3.08. The number of benzene rings is 2. The highest BCUT2D eigenvalue weighted by atomic mass is 35.5. The van der Waals surface area contributed by atoms with Gasteiger partial charge in [0.1, 0.15) is 17.4 Å². The highest BCUT2D eigenvalue weighted by molar-refractivity contribution is 7.22. The molecule has 1 unspecified atom stereocenters. The summed E-state index contributed by atoms with van der Waals surface area (Å²) in [4.78, 5) is 32.5. The Labute approximate surface area is 243 Å². The second-order valence-corrected chi connectivity index (χ2v) is 12.7. The van der Waals surface area contributed by atoms with Crippen LogP contribution in [0.25, 0.3) is 21.5 Å². The third kappa shape index (κ3) is 4.35. The summed E-state index contributed by atoms with van der Waals surface area (Å²) in [6.07, 6.45) is 4.94. The van der Waals surface area contributed by atoms with Gasteiger partial charge in [-0.1, -0.05) is 45.8 Å². The van der Waals surface area contributed by atoms with Gasteiger partial charge < -0.3 is 19.3 Å². The predicted molar refractivity (Wildman–Crippen MR) is 153 cm³/mol. The molecule has 2 saturated heterocycles. The molecule has 4 heterocycles. The van der Waals surface area contributed by atoms with Gasteiger partial charge in [-0.25, -0.2) is 14.6 Å². The van der Waals surface area contributed by atoms with Gasteiger partial charge in [0.15, 0.2) is 10.9 Å². The van der Waals surface area contributed by atoms with Gasteiger partial charge in [-0.2, -0.15) is 0 Å². The minimum Gasteiger partial charge on any atom is -0.478 e. The monoisotopic (exact) mass is 597 g/mol. The molecule has 40 heavy (non-hydrogen) atoms. The maximum atomic E-state index is 13.7. The Morgan fingerprint density at radius 1 is 1.10 bits per heavy atom. The standard InChI is InChI=1S/C29H25Cl2N3O5S/c1-13-9-15(27(35)36)10-21-24(13)32-29(40-21)34-16-7-8-17(34)12-18(11-16)38-28(37)23-25(33-39-26(23)14-5-6-14)22-19(30)3-2-4-20(22)31/h2-4,9-10,14,16-18H,5-8,11-12H2,1H3,(H,35,36)/t16-,17+,18?. The number of fused-ring (bicyclic) bond motifs is 3. The van der Waals surface area contributed by atoms with Crippen LogP contribution in [0.4, 0.5) is 5.13 Å². The number of aromatic nitrogens is 2. The molecule has 1 saturated carbocycles. The number of carboxylic acids is 1. The Morgan fingerprint density at radius 2 is 1.80 bits per heavy atom. The molecule has 2 bridgehead atoms. The third-order valence-corrected chi connectivity index (χ3v) is 9.82. The van der Waals surface area contributed by atoms with Crippen LogP contribution in [0.5, 0.6) is 0 Å². The van der Waals surface area contributed by atoms with E-state index in [0.717, 1.165) is 46.6 Å². The van der Waals surface area contributed by atoms with E-state index < -0.39 is 11.9 Å². The number of esters is 1. The van der Waals surface area contributed by atoms with E-state index >= 15 is 0 Å². The fourth-order valence-corrected chi connectivity index (χ4v) is 7.99. The fourth-order valence-electron chi connectivity index (χ4n) is 6.18. The zero-order chi connectivity index (χ0) is 27.7. The van der Waals surface area contributed by atoms with Gasteiger partial charge in [0.25, 0.3) is 0 Å². The van der Waals surface area contributed by atoms with E-state index in [1.54, 1.807) is 30.3 Å². The first kappa shape index (κ1) is 25.8. The van der Waals surface area contributed by atoms with Crippen molar-refractivity contribution in [2.24, 2.45) is 0 Å². The number of ether oxygens (including phenoxy) is 1. The number of hydrogen-bond donors (Lipinski definition) is 1. The second kappa shape index (κ2) is 9.75. The molecule has 0 amide bonds. The van der Waals surface area contributed by atoms with Gasteiger partial charge in [0, 0.05) is 36.4 Å². The maximum Gasteiger partial charge on any atom is 0.344 e. The number of nitrogens with zero attached hydrogens (tertiary/aromatic N) is 3. The molecule has 206 valence electrons. The quantitative estimate of drug-likeness (QED) is 0.228. The van der Waals surface area contributed by atoms with Crippen LogP contribution in [-0.4, -0.2) is 45.4 Å². The molecule has 2 aliphatic heterocycles. The molecule has 3 atom stereocenters. The summed E-state index contributed by atoms with van der Waals surface area (Å²) in [6, 6.07) is 8.89. The molecule has 2 aromatic carbocycles. The van der Waals surface area contributed by atoms with E-state index in [4.69, 9.17) is 37.4 Å². The average Bonchev–Trinajstić information content (AvgIpc) is 3.41. The van der Waals surface area contributed by atoms with E-state index in [2.05, 4.69) is 10.1 Å². The van der Waals surface area contributed by atoms with Crippen molar-refractivity contribution in [3.63, 3.8) is 0 Å². The van der Waals surface area contributed by atoms with E-state index in [1.165, 1.54) is 11.3 Å². The van der Waals surface area contributed by atoms with Crippen LogP contribution in [0.1, 0.15) is 76.5 Å². The SMILES string of the molecule is Cc1cc(C(=O)O)cc2sc(N3[C@@H]4CC[C@H]3CC(OC(=O)c3c(-c5c(Cl)cccc5Cl)noc3C3CC3)C4)nc12. The van der Waals surface area contributed by atoms with Crippen molar-refractivity contribution in [1.82, 2.24) is 10.1 Å². The molecule has 1 N–H and O–H groups in total. The highest BCUT2D eigenvalue weighted by Gasteiger charge is 2.45. The van der Waals surface area contributed by atoms with Crippen molar-refractivity contribution in [1.29, 1.82) is 0 Å². The van der Waals surface area contributed by atoms with Gasteiger partial charge in [-0.15, -0.1) is 0 Å². The summed E-state index contributed by atoms with van der Waals surface area (Å²) >= 11 is 14.4. The summed E-state index contributed by atoms with van der Waals surface area (Å²) in [7, 11) is 0. The van der Waals surface area contributed by atoms with Gasteiger partial charge in [-0.05, 0) is 62.4 Å². The number of aromatic carboxylic acids is 1. The Hall–Kier alpha value is -3.14. The molecule has 3 aliphatic rings. The first-order valence-electron chi connectivity index (χ1n) is 13.4. The number of halogens is 2. The van der Waals surface area contributed by atoms with Crippen molar-refractivity contribution in [2.75, 3.05) is 4.90 Å². The maximum absolute atomic E-state index is 13.7. The van der Waals surface area contributed by atoms with Crippen LogP contribution in [0.2, 0.25) is 10.0 Å². The first-order valence-corrected chi connectivity index (χ1v) is 14.9. The van der Waals surface area contributed by atoms with Crippen LogP contribution in [0.3, 0.4) is 0 Å². The summed E-state index contributed by atoms with van der Waals surface area (Å²) in [5, 5.41) is 15.4. The minimum atomic E-state index is -0.944. The lowest BCUT2D eigenvalue weighted by molar-refractivity contribution is 0.0202. The number of rotatable bonds is 6. The van der Waals surface area contributed by atoms with E-state index in [1.807, 2.05) is 6.92 Å². The number of carbonyl (C=O) groups is 2. The zero-order valence-corrected chi connectivity index (χ0v) is 23.9. The van der Waals surface area contributed by atoms with Crippen LogP contribution in [0.15, 0.2) is 34.9 Å². The molecule has 2 aromatic heterocycles. The Kier molecular flexibility index (Phi) is 6.29. The summed E-state index contributed by atoms with van der Waals surface area (Å²) in [6.45, 7) is 1.89. The van der Waals surface area contributed by atoms with Crippen molar-refractivity contribution in [2.45, 2.75) is 69.6 Å². The molecule has 4 aromatic rings. The largest absolute Gasteiger partial charge is 0.478 e. The topological polar surface area (TPSA) is 106 Å². The smallest absolute Gasteiger partial charge is 0.344 e.